The Balaban J connectivity index is 1.21. The Kier molecular flexibility index (Phi) is 6.53. The zero-order valence-electron chi connectivity index (χ0n) is 19.8. The molecule has 9 heteroatoms. The Morgan fingerprint density at radius 3 is 2.58 bits per heavy atom. The summed E-state index contributed by atoms with van der Waals surface area (Å²) in [6, 6.07) is 15.2. The maximum absolute atomic E-state index is 13.1. The average Bonchev–Trinajstić information content (AvgIpc) is 3.70. The first-order chi connectivity index (χ1) is 17.5. The number of carbonyl (C=O) groups excluding carboxylic acids is 3. The number of aromatic nitrogens is 1. The third kappa shape index (κ3) is 4.86. The van der Waals surface area contributed by atoms with Crippen molar-refractivity contribution in [2.45, 2.75) is 31.5 Å². The number of methoxy groups -OCH3 is 1. The van der Waals surface area contributed by atoms with Crippen LogP contribution in [0.2, 0.25) is 0 Å². The minimum atomic E-state index is -0.719. The number of anilines is 1. The van der Waals surface area contributed by atoms with Crippen molar-refractivity contribution < 1.29 is 23.9 Å². The molecule has 1 fully saturated rings. The van der Waals surface area contributed by atoms with Crippen molar-refractivity contribution in [3.8, 4) is 11.5 Å². The Bertz CT molecular complexity index is 1290. The third-order valence-corrected chi connectivity index (χ3v) is 6.20. The highest BCUT2D eigenvalue weighted by atomic mass is 16.5. The van der Waals surface area contributed by atoms with Crippen LogP contribution < -0.4 is 20.1 Å². The van der Waals surface area contributed by atoms with Crippen molar-refractivity contribution in [1.82, 2.24) is 15.2 Å². The van der Waals surface area contributed by atoms with Gasteiger partial charge in [0.15, 0.2) is 11.5 Å². The van der Waals surface area contributed by atoms with Gasteiger partial charge in [-0.15, -0.1) is 0 Å². The molecule has 0 saturated heterocycles. The number of carbonyl (C=O) groups is 3. The lowest BCUT2D eigenvalue weighted by Crippen LogP contribution is -2.42. The van der Waals surface area contributed by atoms with Crippen LogP contribution in [-0.2, 0) is 16.2 Å². The number of amides is 3. The summed E-state index contributed by atoms with van der Waals surface area (Å²) in [6.07, 6.45) is 5.13. The van der Waals surface area contributed by atoms with Gasteiger partial charge in [-0.3, -0.25) is 19.4 Å². The molecule has 0 bridgehead atoms. The summed E-state index contributed by atoms with van der Waals surface area (Å²) in [5, 5.41) is 5.47. The maximum Gasteiger partial charge on any atom is 0.255 e. The summed E-state index contributed by atoms with van der Waals surface area (Å²) in [5.41, 5.74) is 2.67. The minimum Gasteiger partial charge on any atom is -0.493 e. The van der Waals surface area contributed by atoms with Crippen molar-refractivity contribution in [3.63, 3.8) is 0 Å². The third-order valence-electron chi connectivity index (χ3n) is 6.20. The van der Waals surface area contributed by atoms with Gasteiger partial charge in [-0.2, -0.15) is 0 Å². The highest BCUT2D eigenvalue weighted by molar-refractivity contribution is 6.05. The molecule has 1 aliphatic carbocycles. The molecule has 2 heterocycles. The van der Waals surface area contributed by atoms with Crippen LogP contribution in [0.25, 0.3) is 0 Å². The molecule has 9 nitrogen and oxygen atoms in total. The van der Waals surface area contributed by atoms with E-state index in [-0.39, 0.29) is 24.4 Å². The molecular weight excluding hydrogens is 460 g/mol. The first-order valence-electron chi connectivity index (χ1n) is 11.7. The summed E-state index contributed by atoms with van der Waals surface area (Å²) >= 11 is 0. The lowest BCUT2D eigenvalue weighted by molar-refractivity contribution is -0.127. The van der Waals surface area contributed by atoms with E-state index in [1.807, 2.05) is 18.2 Å². The number of nitrogens with one attached hydrogen (secondary N) is 2. The molecule has 1 aromatic heterocycles. The van der Waals surface area contributed by atoms with Gasteiger partial charge in [0.05, 0.1) is 13.7 Å². The molecule has 5 rings (SSSR count). The van der Waals surface area contributed by atoms with Gasteiger partial charge in [0, 0.05) is 35.8 Å². The van der Waals surface area contributed by atoms with Crippen LogP contribution >= 0.6 is 0 Å². The van der Waals surface area contributed by atoms with Gasteiger partial charge in [-0.05, 0) is 54.3 Å². The molecule has 3 amide bonds. The number of rotatable bonds is 9. The average molecular weight is 487 g/mol. The first kappa shape index (κ1) is 23.3. The van der Waals surface area contributed by atoms with Crippen molar-refractivity contribution in [2.24, 2.45) is 0 Å². The summed E-state index contributed by atoms with van der Waals surface area (Å²) in [5.74, 6) is 0.100. The SMILES string of the molecule is COc1ccc(NC(=O)CNC(=O)[C@@H]2c3ccccc3C(=O)N2C2CC2)cc1OCc1ccncc1. The van der Waals surface area contributed by atoms with Crippen molar-refractivity contribution >= 4 is 23.4 Å². The lowest BCUT2D eigenvalue weighted by Gasteiger charge is -2.24. The molecule has 2 aliphatic rings. The van der Waals surface area contributed by atoms with Gasteiger partial charge < -0.3 is 25.0 Å². The minimum absolute atomic E-state index is 0.0688. The van der Waals surface area contributed by atoms with Gasteiger partial charge in [0.2, 0.25) is 11.8 Å². The largest absolute Gasteiger partial charge is 0.493 e. The van der Waals surface area contributed by atoms with E-state index in [2.05, 4.69) is 15.6 Å². The van der Waals surface area contributed by atoms with Crippen molar-refractivity contribution in [1.29, 1.82) is 0 Å². The van der Waals surface area contributed by atoms with E-state index in [9.17, 15) is 14.4 Å². The van der Waals surface area contributed by atoms with E-state index in [1.165, 1.54) is 0 Å². The van der Waals surface area contributed by atoms with Gasteiger partial charge in [0.25, 0.3) is 5.91 Å². The number of fused-ring (bicyclic) bond motifs is 1. The second-order valence-corrected chi connectivity index (χ2v) is 8.71. The molecular formula is C27H26N4O5. The van der Waals surface area contributed by atoms with Gasteiger partial charge in [0.1, 0.15) is 12.6 Å². The topological polar surface area (TPSA) is 110 Å². The van der Waals surface area contributed by atoms with Crippen LogP contribution in [0.3, 0.4) is 0 Å². The molecule has 1 aliphatic heterocycles. The normalized spacial score (nSPS) is 16.3. The molecule has 184 valence electrons. The van der Waals surface area contributed by atoms with Gasteiger partial charge in [-0.1, -0.05) is 18.2 Å². The Morgan fingerprint density at radius 1 is 1.06 bits per heavy atom. The van der Waals surface area contributed by atoms with Crippen molar-refractivity contribution in [2.75, 3.05) is 19.0 Å². The van der Waals surface area contributed by atoms with Crippen molar-refractivity contribution in [3.05, 3.63) is 83.7 Å². The van der Waals surface area contributed by atoms with Gasteiger partial charge in [-0.25, -0.2) is 0 Å². The van der Waals surface area contributed by atoms with Crippen LogP contribution in [-0.4, -0.2) is 47.3 Å². The standard InChI is InChI=1S/C27H26N4O5/c1-35-22-9-6-18(14-23(22)36-16-17-10-12-28-13-11-17)30-24(32)15-29-26(33)25-20-4-2-3-5-21(20)27(34)31(25)19-7-8-19/h2-6,9-14,19,25H,7-8,15-16H2,1H3,(H,29,33)(H,30,32)/t25-/m0/s1. The molecule has 1 saturated carbocycles. The predicted octanol–water partition coefficient (Wildman–Crippen LogP) is 3.08. The highest BCUT2D eigenvalue weighted by Gasteiger charge is 2.47. The quantitative estimate of drug-likeness (QED) is 0.481. The van der Waals surface area contributed by atoms with Crippen LogP contribution in [0.1, 0.15) is 40.4 Å². The number of hydrogen-bond donors (Lipinski definition) is 2. The fraction of sp³-hybridized carbons (Fsp3) is 0.259. The predicted molar refractivity (Wildman–Crippen MR) is 132 cm³/mol. The molecule has 0 radical (unpaired) electrons. The van der Waals surface area contributed by atoms with Gasteiger partial charge >= 0.3 is 0 Å². The van der Waals surface area contributed by atoms with Crippen LogP contribution in [0, 0.1) is 0 Å². The fourth-order valence-electron chi connectivity index (χ4n) is 4.31. The van der Waals surface area contributed by atoms with E-state index in [4.69, 9.17) is 9.47 Å². The number of nitrogens with zero attached hydrogens (tertiary/aromatic N) is 2. The zero-order valence-corrected chi connectivity index (χ0v) is 19.8. The smallest absolute Gasteiger partial charge is 0.255 e. The van der Waals surface area contributed by atoms with E-state index < -0.39 is 11.9 Å². The zero-order chi connectivity index (χ0) is 25.1. The maximum atomic E-state index is 13.1. The number of hydrogen-bond acceptors (Lipinski definition) is 6. The second kappa shape index (κ2) is 10.1. The number of pyridine rings is 1. The van der Waals surface area contributed by atoms with E-state index in [0.29, 0.717) is 34.9 Å². The molecule has 1 atom stereocenters. The molecule has 0 unspecified atom stereocenters. The van der Waals surface area contributed by atoms with E-state index >= 15 is 0 Å². The lowest BCUT2D eigenvalue weighted by atomic mass is 10.0. The van der Waals surface area contributed by atoms with E-state index in [0.717, 1.165) is 18.4 Å². The monoisotopic (exact) mass is 486 g/mol. The van der Waals surface area contributed by atoms with E-state index in [1.54, 1.807) is 60.8 Å². The number of benzene rings is 2. The molecule has 2 aromatic carbocycles. The first-order valence-corrected chi connectivity index (χ1v) is 11.7. The summed E-state index contributed by atoms with van der Waals surface area (Å²) in [4.78, 5) is 44.2. The molecule has 2 N–H and O–H groups in total. The van der Waals surface area contributed by atoms with Crippen LogP contribution in [0.15, 0.2) is 67.0 Å². The summed E-state index contributed by atoms with van der Waals surface area (Å²) < 4.78 is 11.2. The number of ether oxygens (including phenoxy) is 2. The highest BCUT2D eigenvalue weighted by Crippen LogP contribution is 2.41. The molecule has 36 heavy (non-hydrogen) atoms. The Hall–Kier alpha value is -4.40. The fourth-order valence-corrected chi connectivity index (χ4v) is 4.31. The Morgan fingerprint density at radius 2 is 1.83 bits per heavy atom. The molecule has 3 aromatic rings. The molecule has 0 spiro atoms. The Labute approximate surface area is 208 Å². The summed E-state index contributed by atoms with van der Waals surface area (Å²) in [7, 11) is 1.54. The summed E-state index contributed by atoms with van der Waals surface area (Å²) in [6.45, 7) is 0.0782. The van der Waals surface area contributed by atoms with Crippen LogP contribution in [0.4, 0.5) is 5.69 Å². The second-order valence-electron chi connectivity index (χ2n) is 8.71. The van der Waals surface area contributed by atoms with Crippen LogP contribution in [0.5, 0.6) is 11.5 Å².